The van der Waals surface area contributed by atoms with Crippen molar-refractivity contribution in [3.05, 3.63) is 16.2 Å². The molecule has 0 spiro atoms. The Morgan fingerprint density at radius 2 is 2.11 bits per heavy atom. The lowest BCUT2D eigenvalue weighted by Crippen LogP contribution is -2.38. The van der Waals surface area contributed by atoms with E-state index in [1.54, 1.807) is 0 Å². The lowest BCUT2D eigenvalue weighted by molar-refractivity contribution is -0.143. The molecule has 1 aliphatic heterocycles. The maximum Gasteiger partial charge on any atom is 0.327 e. The summed E-state index contributed by atoms with van der Waals surface area (Å²) in [7, 11) is 0. The molecule has 28 heavy (non-hydrogen) atoms. The van der Waals surface area contributed by atoms with E-state index < -0.39 is 5.97 Å². The van der Waals surface area contributed by atoms with Gasteiger partial charge in [-0.2, -0.15) is 0 Å². The number of aromatic amines is 1. The molecule has 10 heteroatoms. The molecule has 0 unspecified atom stereocenters. The van der Waals surface area contributed by atoms with Crippen LogP contribution in [0.5, 0.6) is 0 Å². The number of likely N-dealkylation sites (tertiary alicyclic amines) is 1. The molecule has 1 aromatic heterocycles. The van der Waals surface area contributed by atoms with Crippen molar-refractivity contribution in [3.63, 3.8) is 0 Å². The summed E-state index contributed by atoms with van der Waals surface area (Å²) in [6.07, 6.45) is 3.22. The Balaban J connectivity index is 1.98. The third-order valence-electron chi connectivity index (χ3n) is 4.91. The summed E-state index contributed by atoms with van der Waals surface area (Å²) in [6.45, 7) is 8.75. The van der Waals surface area contributed by atoms with Crippen LogP contribution in [0.3, 0.4) is 0 Å². The summed E-state index contributed by atoms with van der Waals surface area (Å²) in [6, 6.07) is 0. The van der Waals surface area contributed by atoms with Gasteiger partial charge in [-0.15, -0.1) is 0 Å². The summed E-state index contributed by atoms with van der Waals surface area (Å²) in [5.74, 6) is -0.520. The van der Waals surface area contributed by atoms with Crippen LogP contribution in [0.25, 0.3) is 0 Å². The Kier molecular flexibility index (Phi) is 8.40. The second kappa shape index (κ2) is 10.8. The van der Waals surface area contributed by atoms with E-state index in [0.29, 0.717) is 57.1 Å². The number of aliphatic imine (C=N–C) groups is 2. The van der Waals surface area contributed by atoms with E-state index in [1.165, 1.54) is 4.57 Å². The van der Waals surface area contributed by atoms with Gasteiger partial charge in [0.15, 0.2) is 5.82 Å². The molecule has 0 radical (unpaired) electrons. The normalized spacial score (nSPS) is 16.4. The second-order valence-corrected chi connectivity index (χ2v) is 6.83. The summed E-state index contributed by atoms with van der Waals surface area (Å²) < 4.78 is 6.85. The fourth-order valence-corrected chi connectivity index (χ4v) is 3.16. The van der Waals surface area contributed by atoms with Gasteiger partial charge >= 0.3 is 11.7 Å². The quantitative estimate of drug-likeness (QED) is 0.288. The predicted octanol–water partition coefficient (Wildman–Crippen LogP) is 0.785. The number of hydrogen-bond acceptors (Lipinski definition) is 6. The number of ether oxygens (including phenoxy) is 1. The van der Waals surface area contributed by atoms with Gasteiger partial charge in [-0.3, -0.25) is 9.36 Å². The van der Waals surface area contributed by atoms with Crippen molar-refractivity contribution in [3.8, 4) is 0 Å². The fraction of sp³-hybridized carbons (Fsp3) is 0.667. The number of rotatable bonds is 11. The van der Waals surface area contributed by atoms with Gasteiger partial charge in [-0.05, 0) is 39.1 Å². The minimum atomic E-state index is -0.738. The number of carbonyl (C=O) groups is 1. The highest BCUT2D eigenvalue weighted by molar-refractivity contribution is 5.99. The third-order valence-corrected chi connectivity index (χ3v) is 4.91. The summed E-state index contributed by atoms with van der Waals surface area (Å²) in [5, 5.41) is 9.08. The zero-order valence-corrected chi connectivity index (χ0v) is 16.4. The number of aromatic nitrogens is 2. The van der Waals surface area contributed by atoms with Crippen molar-refractivity contribution < 1.29 is 14.6 Å². The van der Waals surface area contributed by atoms with E-state index in [2.05, 4.69) is 33.5 Å². The number of aliphatic carboxylic acids is 1. The van der Waals surface area contributed by atoms with Crippen LogP contribution in [0.4, 0.5) is 5.82 Å². The number of carboxylic acid groups (broad SMARTS) is 1. The molecule has 0 atom stereocenters. The Labute approximate surface area is 164 Å². The second-order valence-electron chi connectivity index (χ2n) is 6.83. The highest BCUT2D eigenvalue weighted by Crippen LogP contribution is 2.18. The lowest BCUT2D eigenvalue weighted by Gasteiger charge is -2.29. The van der Waals surface area contributed by atoms with Crippen LogP contribution in [-0.4, -0.2) is 71.1 Å². The monoisotopic (exact) mass is 394 g/mol. The van der Waals surface area contributed by atoms with Crippen molar-refractivity contribution in [2.75, 3.05) is 33.0 Å². The van der Waals surface area contributed by atoms with Gasteiger partial charge < -0.3 is 25.5 Å². The van der Waals surface area contributed by atoms with Gasteiger partial charge in [-0.1, -0.05) is 13.3 Å². The van der Waals surface area contributed by atoms with E-state index in [9.17, 15) is 9.59 Å². The van der Waals surface area contributed by atoms with E-state index >= 15 is 0 Å². The first-order valence-corrected chi connectivity index (χ1v) is 9.60. The first kappa shape index (κ1) is 21.8. The third kappa shape index (κ3) is 5.77. The van der Waals surface area contributed by atoms with Crippen LogP contribution in [0.1, 0.15) is 38.3 Å². The molecule has 0 bridgehead atoms. The number of nitrogens with two attached hydrogens (primary N) is 1. The maximum absolute atomic E-state index is 12.3. The molecular formula is C18H30N6O4. The van der Waals surface area contributed by atoms with Gasteiger partial charge in [0, 0.05) is 19.7 Å². The summed E-state index contributed by atoms with van der Waals surface area (Å²) in [4.78, 5) is 36.3. The average molecular weight is 394 g/mol. The van der Waals surface area contributed by atoms with Crippen molar-refractivity contribution in [2.24, 2.45) is 21.6 Å². The van der Waals surface area contributed by atoms with Gasteiger partial charge in [0.25, 0.3) is 0 Å². The minimum Gasteiger partial charge on any atom is -0.481 e. The molecule has 1 aliphatic rings. The smallest absolute Gasteiger partial charge is 0.327 e. The van der Waals surface area contributed by atoms with Gasteiger partial charge in [0.05, 0.1) is 5.92 Å². The van der Waals surface area contributed by atoms with Gasteiger partial charge in [0.1, 0.15) is 18.3 Å². The van der Waals surface area contributed by atoms with Crippen molar-refractivity contribution >= 4 is 24.3 Å². The molecule has 0 aromatic carbocycles. The average Bonchev–Trinajstić information content (AvgIpc) is 3.01. The first-order chi connectivity index (χ1) is 13.5. The Morgan fingerprint density at radius 3 is 2.71 bits per heavy atom. The molecule has 1 saturated heterocycles. The van der Waals surface area contributed by atoms with Crippen LogP contribution in [-0.2, 0) is 16.1 Å². The van der Waals surface area contributed by atoms with Gasteiger partial charge in [-0.25, -0.2) is 14.8 Å². The lowest BCUT2D eigenvalue weighted by atomic mass is 9.97. The standard InChI is InChI=1S/C18H30N6O4/c1-3-4-11-28-12-21-15(19)14-16(20-2)24(18(27)22-14)10-9-23-7-5-13(6-8-23)17(25)26/h13H,2-12H2,1H3,(H2,19,21)(H,22,27)(H,25,26). The predicted molar refractivity (Wildman–Crippen MR) is 108 cm³/mol. The van der Waals surface area contributed by atoms with Crippen molar-refractivity contribution in [1.29, 1.82) is 0 Å². The highest BCUT2D eigenvalue weighted by atomic mass is 16.5. The molecule has 1 fully saturated rings. The molecule has 4 N–H and O–H groups in total. The van der Waals surface area contributed by atoms with Gasteiger partial charge in [0.2, 0.25) is 0 Å². The van der Waals surface area contributed by atoms with Crippen LogP contribution in [0.15, 0.2) is 14.8 Å². The molecule has 156 valence electrons. The molecular weight excluding hydrogens is 364 g/mol. The van der Waals surface area contributed by atoms with E-state index in [0.717, 1.165) is 12.8 Å². The largest absolute Gasteiger partial charge is 0.481 e. The number of amidine groups is 1. The van der Waals surface area contributed by atoms with E-state index in [4.69, 9.17) is 15.6 Å². The maximum atomic E-state index is 12.3. The number of unbranched alkanes of at least 4 members (excludes halogenated alkanes) is 1. The minimum absolute atomic E-state index is 0.119. The molecule has 0 saturated carbocycles. The molecule has 2 heterocycles. The zero-order valence-electron chi connectivity index (χ0n) is 16.4. The number of hydrogen-bond donors (Lipinski definition) is 3. The highest BCUT2D eigenvalue weighted by Gasteiger charge is 2.24. The van der Waals surface area contributed by atoms with Crippen LogP contribution in [0, 0.1) is 5.92 Å². The first-order valence-electron chi connectivity index (χ1n) is 9.60. The van der Waals surface area contributed by atoms with Crippen LogP contribution < -0.4 is 11.4 Å². The number of imidazole rings is 1. The Hall–Kier alpha value is -2.46. The van der Waals surface area contributed by atoms with Crippen LogP contribution >= 0.6 is 0 Å². The van der Waals surface area contributed by atoms with E-state index in [1.807, 2.05) is 0 Å². The summed E-state index contributed by atoms with van der Waals surface area (Å²) >= 11 is 0. The Bertz CT molecular complexity index is 746. The number of piperidine rings is 1. The van der Waals surface area contributed by atoms with Crippen molar-refractivity contribution in [2.45, 2.75) is 39.2 Å². The zero-order chi connectivity index (χ0) is 20.5. The molecule has 0 amide bonds. The molecule has 10 nitrogen and oxygen atoms in total. The number of H-pyrrole nitrogens is 1. The molecule has 1 aromatic rings. The van der Waals surface area contributed by atoms with Crippen molar-refractivity contribution in [1.82, 2.24) is 14.5 Å². The SMILES string of the molecule is C=Nc1c(/C(N)=N\COCCCC)[nH]c(=O)n1CCN1CCC(C(=O)O)CC1. The number of nitrogens with one attached hydrogen (secondary N) is 1. The topological polar surface area (TPSA) is 138 Å². The Morgan fingerprint density at radius 1 is 1.39 bits per heavy atom. The fourth-order valence-electron chi connectivity index (χ4n) is 3.16. The van der Waals surface area contributed by atoms with Crippen LogP contribution in [0.2, 0.25) is 0 Å². The number of nitrogens with zero attached hydrogens (tertiary/aromatic N) is 4. The molecule has 0 aliphatic carbocycles. The van der Waals surface area contributed by atoms with E-state index in [-0.39, 0.29) is 24.2 Å². The number of carboxylic acids is 1. The molecule has 2 rings (SSSR count). The summed E-state index contributed by atoms with van der Waals surface area (Å²) in [5.41, 5.74) is 5.99.